The number of fused-ring (bicyclic) bond motifs is 1. The number of hydrogen-bond donors (Lipinski definition) is 0. The van der Waals surface area contributed by atoms with Gasteiger partial charge in [0.15, 0.2) is 0 Å². The van der Waals surface area contributed by atoms with Crippen LogP contribution in [0, 0.1) is 6.92 Å². The Kier molecular flexibility index (Phi) is 14.3. The fourth-order valence-corrected chi connectivity index (χ4v) is 6.83. The predicted molar refractivity (Wildman–Crippen MR) is 198 cm³/mol. The van der Waals surface area contributed by atoms with Gasteiger partial charge in [-0.3, -0.25) is 0 Å². The molecule has 5 aromatic rings. The Hall–Kier alpha value is -3.22. The summed E-state index contributed by atoms with van der Waals surface area (Å²) >= 11 is -0.857. The van der Waals surface area contributed by atoms with E-state index in [9.17, 15) is 0 Å². The second-order valence-corrected chi connectivity index (χ2v) is 15.2. The number of hydrogen-bond acceptors (Lipinski definition) is 2. The van der Waals surface area contributed by atoms with Gasteiger partial charge in [0.05, 0.1) is 0 Å². The van der Waals surface area contributed by atoms with Crippen molar-refractivity contribution >= 4 is 22.1 Å². The molecule has 2 nitrogen and oxygen atoms in total. The van der Waals surface area contributed by atoms with Crippen molar-refractivity contribution in [2.24, 2.45) is 6.99 Å². The Morgan fingerprint density at radius 3 is 1.28 bits per heavy atom. The summed E-state index contributed by atoms with van der Waals surface area (Å²) in [6.07, 6.45) is 0. The van der Waals surface area contributed by atoms with E-state index >= 15 is 0 Å². The third-order valence-corrected chi connectivity index (χ3v) is 9.35. The molecule has 0 N–H and O–H groups in total. The van der Waals surface area contributed by atoms with Crippen LogP contribution in [0.25, 0.3) is 10.8 Å². The van der Waals surface area contributed by atoms with Gasteiger partial charge in [0.25, 0.3) is 0 Å². The van der Waals surface area contributed by atoms with Gasteiger partial charge in [-0.05, 0) is 0 Å². The summed E-state index contributed by atoms with van der Waals surface area (Å²) in [7, 11) is 0. The first-order valence-electron chi connectivity index (χ1n) is 16.7. The van der Waals surface area contributed by atoms with Gasteiger partial charge in [-0.25, -0.2) is 0 Å². The van der Waals surface area contributed by atoms with Crippen LogP contribution in [-0.4, -0.2) is 0 Å². The van der Waals surface area contributed by atoms with Gasteiger partial charge in [0, 0.05) is 0 Å². The first kappa shape index (κ1) is 37.2. The molecule has 0 saturated heterocycles. The molecule has 0 aliphatic rings. The van der Waals surface area contributed by atoms with E-state index in [0.29, 0.717) is 23.7 Å². The van der Waals surface area contributed by atoms with E-state index in [-0.39, 0.29) is 5.41 Å². The van der Waals surface area contributed by atoms with E-state index in [1.165, 1.54) is 50.0 Å². The topological polar surface area (TPSA) is 24.7 Å². The van der Waals surface area contributed by atoms with Gasteiger partial charge in [-0.2, -0.15) is 12.1 Å². The van der Waals surface area contributed by atoms with Gasteiger partial charge in [0.1, 0.15) is 0 Å². The fourth-order valence-electron chi connectivity index (χ4n) is 5.30. The molecule has 0 heterocycles. The van der Waals surface area contributed by atoms with Crippen molar-refractivity contribution in [3.63, 3.8) is 0 Å². The van der Waals surface area contributed by atoms with Gasteiger partial charge in [-0.15, -0.1) is 41.1 Å². The number of rotatable bonds is 7. The van der Waals surface area contributed by atoms with Crippen molar-refractivity contribution in [2.75, 3.05) is 0 Å². The molecule has 5 rings (SSSR count). The van der Waals surface area contributed by atoms with Crippen molar-refractivity contribution in [3.8, 4) is 0 Å². The van der Waals surface area contributed by atoms with Crippen LogP contribution in [0.1, 0.15) is 121 Å². The SMILES string of the molecule is CC(C)c1cccc(C(C)C)c1[N]=[Mo]=[N]c1c(C(C)C)cccc1C(C)C.[CH2-]C(C)(C)c1ccccc1.c1cc[c-]2cccc2c1. The summed E-state index contributed by atoms with van der Waals surface area (Å²) < 4.78 is 10.2. The van der Waals surface area contributed by atoms with E-state index in [1.54, 1.807) is 0 Å². The van der Waals surface area contributed by atoms with Crippen LogP contribution in [0.2, 0.25) is 0 Å². The minimum atomic E-state index is -0.857. The fraction of sp³-hybridized carbons (Fsp3) is 0.349. The molecule has 0 radical (unpaired) electrons. The van der Waals surface area contributed by atoms with Crippen molar-refractivity contribution in [1.29, 1.82) is 0 Å². The number of nitrogens with zero attached hydrogens (tertiary/aromatic N) is 2. The van der Waals surface area contributed by atoms with E-state index in [0.717, 1.165) is 0 Å². The van der Waals surface area contributed by atoms with E-state index in [1.807, 2.05) is 18.2 Å². The largest absolute Gasteiger partial charge is 0.333 e. The van der Waals surface area contributed by atoms with Crippen LogP contribution in [0.4, 0.5) is 11.4 Å². The predicted octanol–water partition coefficient (Wildman–Crippen LogP) is 14.0. The minimum Gasteiger partial charge on any atom is -0.333 e. The summed E-state index contributed by atoms with van der Waals surface area (Å²) in [6, 6.07) is 38.2. The average Bonchev–Trinajstić information content (AvgIpc) is 3.50. The third kappa shape index (κ3) is 10.7. The second kappa shape index (κ2) is 17.6. The summed E-state index contributed by atoms with van der Waals surface area (Å²) in [5.74, 6) is 1.90. The molecule has 3 heteroatoms. The first-order valence-corrected chi connectivity index (χ1v) is 18.5. The molecule has 0 fully saturated rings. The zero-order chi connectivity index (χ0) is 33.9. The maximum absolute atomic E-state index is 5.11. The normalized spacial score (nSPS) is 11.3. The molecule has 0 atom stereocenters. The summed E-state index contributed by atoms with van der Waals surface area (Å²) in [5, 5.41) is 2.66. The van der Waals surface area contributed by atoms with Crippen LogP contribution in [0.5, 0.6) is 0 Å². The van der Waals surface area contributed by atoms with Crippen molar-refractivity contribution in [1.82, 2.24) is 0 Å². The van der Waals surface area contributed by atoms with Gasteiger partial charge in [-0.1, -0.05) is 55.1 Å². The van der Waals surface area contributed by atoms with Gasteiger partial charge >= 0.3 is 174 Å². The monoisotopic (exact) mass is 696 g/mol. The maximum Gasteiger partial charge on any atom is -0.0611 e. The zero-order valence-corrected chi connectivity index (χ0v) is 31.7. The van der Waals surface area contributed by atoms with Crippen LogP contribution in [-0.2, 0) is 23.6 Å². The summed E-state index contributed by atoms with van der Waals surface area (Å²) in [6.45, 7) is 26.3. The molecule has 244 valence electrons. The number of benzene rings is 4. The quantitative estimate of drug-likeness (QED) is 0.120. The van der Waals surface area contributed by atoms with Crippen LogP contribution >= 0.6 is 0 Å². The molecule has 0 bridgehead atoms. The van der Waals surface area contributed by atoms with Crippen molar-refractivity contribution in [3.05, 3.63) is 144 Å². The molecule has 0 aliphatic carbocycles. The Morgan fingerprint density at radius 1 is 0.522 bits per heavy atom. The maximum atomic E-state index is 5.11. The second-order valence-electron chi connectivity index (χ2n) is 13.9. The smallest absolute Gasteiger partial charge is 0.0611 e. The molecule has 0 saturated carbocycles. The van der Waals surface area contributed by atoms with Crippen molar-refractivity contribution in [2.45, 2.75) is 98.3 Å². The Labute approximate surface area is 288 Å². The Balaban J connectivity index is 0.000000243. The molecular weight excluding hydrogens is 640 g/mol. The Bertz CT molecular complexity index is 1560. The molecule has 0 unspecified atom stereocenters. The molecule has 0 aromatic heterocycles. The average molecular weight is 695 g/mol. The Morgan fingerprint density at radius 2 is 0.913 bits per heavy atom. The zero-order valence-electron chi connectivity index (χ0n) is 29.7. The molecule has 0 spiro atoms. The van der Waals surface area contributed by atoms with Crippen LogP contribution < -0.4 is 0 Å². The van der Waals surface area contributed by atoms with Crippen molar-refractivity contribution < 1.29 is 18.2 Å². The minimum absolute atomic E-state index is 0.0429. The van der Waals surface area contributed by atoms with Gasteiger partial charge < -0.3 is 6.92 Å². The van der Waals surface area contributed by atoms with E-state index in [4.69, 9.17) is 6.99 Å². The van der Waals surface area contributed by atoms with E-state index < -0.39 is 18.2 Å². The molecule has 46 heavy (non-hydrogen) atoms. The molecular formula is C43H54MoN2-2. The summed E-state index contributed by atoms with van der Waals surface area (Å²) in [4.78, 5) is 0. The standard InChI is InChI=1S/2C12H17N.C10H13.C9H7.Mo/c2*1-8(2)10-6-5-7-11(9(3)4)12(10)13;1-10(2,3)9-7-5-4-6-8-9;1-2-5-9-7-3-6-8(9)4-1;/h2*5-9H,1-4H3;4-8H,1H2,2-3H3;1-7H;/q;;2*-1;. The van der Waals surface area contributed by atoms with Crippen LogP contribution in [0.15, 0.2) is 116 Å². The van der Waals surface area contributed by atoms with Gasteiger partial charge in [0.2, 0.25) is 0 Å². The molecule has 5 aromatic carbocycles. The molecule has 0 amide bonds. The molecule has 0 aliphatic heterocycles. The summed E-state index contributed by atoms with van der Waals surface area (Å²) in [5.41, 5.74) is 9.12. The van der Waals surface area contributed by atoms with E-state index in [2.05, 4.69) is 167 Å². The third-order valence-electron chi connectivity index (χ3n) is 8.05. The van der Waals surface area contributed by atoms with Crippen LogP contribution in [0.3, 0.4) is 0 Å². The first-order chi connectivity index (χ1) is 21.8.